The molecule has 0 amide bonds. The predicted octanol–water partition coefficient (Wildman–Crippen LogP) is 4.80. The zero-order valence-corrected chi connectivity index (χ0v) is 17.0. The summed E-state index contributed by atoms with van der Waals surface area (Å²) in [4.78, 5) is 24.0. The van der Waals surface area contributed by atoms with Crippen molar-refractivity contribution in [3.05, 3.63) is 51.9 Å². The van der Waals surface area contributed by atoms with Crippen LogP contribution in [0.2, 0.25) is 0 Å². The fraction of sp³-hybridized carbons (Fsp3) is 0.364. The number of benzene rings is 1. The van der Waals surface area contributed by atoms with E-state index in [-0.39, 0.29) is 23.7 Å². The number of hydrogen-bond acceptors (Lipinski definition) is 6. The Labute approximate surface area is 164 Å². The highest BCUT2D eigenvalue weighted by molar-refractivity contribution is 5.91. The quantitative estimate of drug-likeness (QED) is 0.369. The number of fused-ring (bicyclic) bond motifs is 1. The average molecular weight is 386 g/mol. The van der Waals surface area contributed by atoms with E-state index in [0.717, 1.165) is 18.4 Å². The third-order valence-corrected chi connectivity index (χ3v) is 4.03. The van der Waals surface area contributed by atoms with Crippen molar-refractivity contribution in [2.75, 3.05) is 13.7 Å². The second-order valence-electron chi connectivity index (χ2n) is 6.66. The molecule has 0 bridgehead atoms. The van der Waals surface area contributed by atoms with Gasteiger partial charge in [-0.15, -0.1) is 0 Å². The van der Waals surface area contributed by atoms with Gasteiger partial charge in [0.05, 0.1) is 12.5 Å². The molecule has 0 unspecified atom stereocenters. The lowest BCUT2D eigenvalue weighted by Crippen LogP contribution is -2.13. The van der Waals surface area contributed by atoms with Gasteiger partial charge in [0.2, 0.25) is 5.75 Å². The summed E-state index contributed by atoms with van der Waals surface area (Å²) in [5.74, 6) is -0.296. The van der Waals surface area contributed by atoms with Gasteiger partial charge in [-0.3, -0.25) is 4.79 Å². The van der Waals surface area contributed by atoms with Gasteiger partial charge in [0, 0.05) is 6.92 Å². The molecule has 0 spiro atoms. The Bertz CT molecular complexity index is 961. The van der Waals surface area contributed by atoms with E-state index in [1.807, 2.05) is 13.0 Å². The predicted molar refractivity (Wildman–Crippen MR) is 108 cm³/mol. The molecule has 0 aliphatic heterocycles. The molecule has 1 aromatic heterocycles. The molecule has 0 N–H and O–H groups in total. The summed E-state index contributed by atoms with van der Waals surface area (Å²) < 4.78 is 21.5. The number of carbonyl (C=O) groups is 1. The number of esters is 1. The summed E-state index contributed by atoms with van der Waals surface area (Å²) in [6, 6.07) is 5.04. The molecule has 0 fully saturated rings. The average Bonchev–Trinajstić information content (AvgIpc) is 2.62. The molecule has 2 rings (SSSR count). The Morgan fingerprint density at radius 1 is 1.11 bits per heavy atom. The van der Waals surface area contributed by atoms with Crippen LogP contribution in [0.3, 0.4) is 0 Å². The van der Waals surface area contributed by atoms with Crippen LogP contribution in [0.15, 0.2) is 50.7 Å². The van der Waals surface area contributed by atoms with Gasteiger partial charge in [0.25, 0.3) is 0 Å². The zero-order chi connectivity index (χ0) is 20.7. The SMILES string of the molecule is COc1cccc2c(OC(C)=O)c(OC/C=C(\C)CCC=C(C)C)c(=O)oc12. The van der Waals surface area contributed by atoms with E-state index in [1.165, 1.54) is 19.6 Å². The van der Waals surface area contributed by atoms with Crippen molar-refractivity contribution >= 4 is 16.9 Å². The standard InChI is InChI=1S/C22H26O6/c1-14(2)8-6-9-15(3)12-13-26-21-20(27-16(4)23)17-10-7-11-18(25-5)19(17)28-22(21)24/h7-8,10-12H,6,9,13H2,1-5H3/b15-12+. The third-order valence-electron chi connectivity index (χ3n) is 4.03. The summed E-state index contributed by atoms with van der Waals surface area (Å²) in [6.07, 6.45) is 5.91. The van der Waals surface area contributed by atoms with Crippen molar-refractivity contribution in [3.8, 4) is 17.2 Å². The minimum absolute atomic E-state index is 0.0354. The normalized spacial score (nSPS) is 11.2. The molecule has 1 aromatic carbocycles. The first-order valence-corrected chi connectivity index (χ1v) is 9.07. The molecule has 0 aliphatic rings. The summed E-state index contributed by atoms with van der Waals surface area (Å²) >= 11 is 0. The summed E-state index contributed by atoms with van der Waals surface area (Å²) in [6.45, 7) is 7.55. The monoisotopic (exact) mass is 386 g/mol. The highest BCUT2D eigenvalue weighted by atomic mass is 16.6. The van der Waals surface area contributed by atoms with Gasteiger partial charge in [-0.2, -0.15) is 0 Å². The molecule has 0 saturated heterocycles. The largest absolute Gasteiger partial charge is 0.493 e. The van der Waals surface area contributed by atoms with Gasteiger partial charge in [-0.25, -0.2) is 4.79 Å². The Balaban J connectivity index is 2.33. The van der Waals surface area contributed by atoms with Crippen molar-refractivity contribution in [2.45, 2.75) is 40.5 Å². The Kier molecular flexibility index (Phi) is 7.44. The van der Waals surface area contributed by atoms with Crippen LogP contribution in [0.1, 0.15) is 40.5 Å². The smallest absolute Gasteiger partial charge is 0.383 e. The molecule has 6 heteroatoms. The van der Waals surface area contributed by atoms with Crippen molar-refractivity contribution in [2.24, 2.45) is 0 Å². The number of rotatable bonds is 8. The van der Waals surface area contributed by atoms with E-state index in [1.54, 1.807) is 18.2 Å². The number of para-hydroxylation sites is 1. The number of methoxy groups -OCH3 is 1. The zero-order valence-electron chi connectivity index (χ0n) is 17.0. The van der Waals surface area contributed by atoms with Gasteiger partial charge in [0.15, 0.2) is 17.1 Å². The van der Waals surface area contributed by atoms with Crippen LogP contribution in [0.4, 0.5) is 0 Å². The molecule has 150 valence electrons. The second-order valence-corrected chi connectivity index (χ2v) is 6.66. The molecule has 0 atom stereocenters. The van der Waals surface area contributed by atoms with E-state index in [4.69, 9.17) is 18.6 Å². The molecule has 0 aliphatic carbocycles. The number of carbonyl (C=O) groups excluding carboxylic acids is 1. The molecular formula is C22H26O6. The van der Waals surface area contributed by atoms with Crippen LogP contribution < -0.4 is 19.8 Å². The lowest BCUT2D eigenvalue weighted by Gasteiger charge is -2.12. The van der Waals surface area contributed by atoms with E-state index >= 15 is 0 Å². The van der Waals surface area contributed by atoms with Crippen LogP contribution >= 0.6 is 0 Å². The highest BCUT2D eigenvalue weighted by Crippen LogP contribution is 2.36. The Morgan fingerprint density at radius 3 is 2.50 bits per heavy atom. The van der Waals surface area contributed by atoms with Crippen LogP contribution in [-0.2, 0) is 4.79 Å². The Morgan fingerprint density at radius 2 is 1.86 bits per heavy atom. The topological polar surface area (TPSA) is 75.0 Å². The van der Waals surface area contributed by atoms with Crippen LogP contribution in [0.25, 0.3) is 11.0 Å². The van der Waals surface area contributed by atoms with Crippen LogP contribution in [0, 0.1) is 0 Å². The molecular weight excluding hydrogens is 360 g/mol. The lowest BCUT2D eigenvalue weighted by atomic mass is 10.1. The van der Waals surface area contributed by atoms with Crippen molar-refractivity contribution in [1.29, 1.82) is 0 Å². The molecule has 0 radical (unpaired) electrons. The van der Waals surface area contributed by atoms with Crippen LogP contribution in [-0.4, -0.2) is 19.7 Å². The lowest BCUT2D eigenvalue weighted by molar-refractivity contribution is -0.131. The van der Waals surface area contributed by atoms with Gasteiger partial charge in [-0.1, -0.05) is 23.3 Å². The maximum absolute atomic E-state index is 12.5. The molecule has 28 heavy (non-hydrogen) atoms. The fourth-order valence-corrected chi connectivity index (χ4v) is 2.64. The fourth-order valence-electron chi connectivity index (χ4n) is 2.64. The number of hydrogen-bond donors (Lipinski definition) is 0. The first-order chi connectivity index (χ1) is 13.3. The minimum atomic E-state index is -0.733. The van der Waals surface area contributed by atoms with Gasteiger partial charge < -0.3 is 18.6 Å². The van der Waals surface area contributed by atoms with E-state index in [9.17, 15) is 9.59 Å². The second kappa shape index (κ2) is 9.78. The highest BCUT2D eigenvalue weighted by Gasteiger charge is 2.21. The minimum Gasteiger partial charge on any atom is -0.493 e. The third kappa shape index (κ3) is 5.49. The molecule has 1 heterocycles. The molecule has 0 saturated carbocycles. The summed E-state index contributed by atoms with van der Waals surface area (Å²) in [5.41, 5.74) is 1.88. The van der Waals surface area contributed by atoms with Crippen LogP contribution in [0.5, 0.6) is 17.2 Å². The van der Waals surface area contributed by atoms with E-state index in [2.05, 4.69) is 19.9 Å². The first kappa shape index (κ1) is 21.3. The number of ether oxygens (including phenoxy) is 3. The van der Waals surface area contributed by atoms with E-state index in [0.29, 0.717) is 11.1 Å². The molecule has 6 nitrogen and oxygen atoms in total. The summed E-state index contributed by atoms with van der Waals surface area (Å²) in [7, 11) is 1.47. The van der Waals surface area contributed by atoms with Gasteiger partial charge in [-0.05, 0) is 51.8 Å². The Hall–Kier alpha value is -3.02. The first-order valence-electron chi connectivity index (χ1n) is 9.07. The van der Waals surface area contributed by atoms with Gasteiger partial charge in [0.1, 0.15) is 6.61 Å². The summed E-state index contributed by atoms with van der Waals surface area (Å²) in [5, 5.41) is 0.424. The maximum atomic E-state index is 12.5. The molecule has 2 aromatic rings. The van der Waals surface area contributed by atoms with Crippen molar-refractivity contribution in [3.63, 3.8) is 0 Å². The van der Waals surface area contributed by atoms with Crippen molar-refractivity contribution in [1.82, 2.24) is 0 Å². The van der Waals surface area contributed by atoms with E-state index < -0.39 is 11.6 Å². The number of allylic oxidation sites excluding steroid dienone is 3. The van der Waals surface area contributed by atoms with Gasteiger partial charge >= 0.3 is 11.6 Å². The maximum Gasteiger partial charge on any atom is 0.383 e. The van der Waals surface area contributed by atoms with Crippen molar-refractivity contribution < 1.29 is 23.4 Å².